The van der Waals surface area contributed by atoms with E-state index in [1.54, 1.807) is 0 Å². The third-order valence-electron chi connectivity index (χ3n) is 1.77. The van der Waals surface area contributed by atoms with E-state index in [1.165, 1.54) is 20.1 Å². The summed E-state index contributed by atoms with van der Waals surface area (Å²) in [6.45, 7) is 1.20. The van der Waals surface area contributed by atoms with Crippen LogP contribution >= 0.6 is 22.6 Å². The monoisotopic (exact) mass is 336 g/mol. The third kappa shape index (κ3) is 2.43. The second-order valence-electron chi connectivity index (χ2n) is 2.87. The SMILES string of the molecule is COc1c(O)c(I)cc(C=O)c1OC(C)=O. The topological polar surface area (TPSA) is 72.8 Å². The van der Waals surface area contributed by atoms with Crippen molar-refractivity contribution < 1.29 is 24.2 Å². The number of carbonyl (C=O) groups excluding carboxylic acids is 2. The Kier molecular flexibility index (Phi) is 4.11. The summed E-state index contributed by atoms with van der Waals surface area (Å²) in [6.07, 6.45) is 0.530. The minimum Gasteiger partial charge on any atom is -0.503 e. The number of rotatable bonds is 3. The normalized spacial score (nSPS) is 9.69. The van der Waals surface area contributed by atoms with E-state index in [2.05, 4.69) is 0 Å². The summed E-state index contributed by atoms with van der Waals surface area (Å²) in [5, 5.41) is 9.67. The number of ether oxygens (including phenoxy) is 2. The first-order valence-electron chi connectivity index (χ1n) is 4.24. The molecule has 0 unspecified atom stereocenters. The summed E-state index contributed by atoms with van der Waals surface area (Å²) < 4.78 is 10.2. The number of phenols is 1. The molecule has 6 heteroatoms. The van der Waals surface area contributed by atoms with Crippen LogP contribution < -0.4 is 9.47 Å². The van der Waals surface area contributed by atoms with Gasteiger partial charge in [0.15, 0.2) is 17.8 Å². The van der Waals surface area contributed by atoms with Gasteiger partial charge in [0.1, 0.15) is 0 Å². The van der Waals surface area contributed by atoms with Crippen molar-refractivity contribution in [3.05, 3.63) is 15.2 Å². The molecular formula is C10H9IO5. The molecule has 0 atom stereocenters. The number of aldehydes is 1. The highest BCUT2D eigenvalue weighted by Gasteiger charge is 2.19. The van der Waals surface area contributed by atoms with Gasteiger partial charge in [-0.3, -0.25) is 9.59 Å². The molecule has 0 saturated carbocycles. The third-order valence-corrected chi connectivity index (χ3v) is 2.59. The van der Waals surface area contributed by atoms with Crippen LogP contribution in [-0.2, 0) is 4.79 Å². The summed E-state index contributed by atoms with van der Waals surface area (Å²) in [6, 6.07) is 1.41. The van der Waals surface area contributed by atoms with Gasteiger partial charge in [-0.25, -0.2) is 0 Å². The maximum absolute atomic E-state index is 10.9. The van der Waals surface area contributed by atoms with E-state index in [0.29, 0.717) is 9.86 Å². The molecule has 1 rings (SSSR count). The smallest absolute Gasteiger partial charge is 0.308 e. The Morgan fingerprint density at radius 3 is 2.56 bits per heavy atom. The molecule has 0 bridgehead atoms. The van der Waals surface area contributed by atoms with E-state index in [0.717, 1.165) is 0 Å². The first-order chi connectivity index (χ1) is 7.51. The van der Waals surface area contributed by atoms with Crippen molar-refractivity contribution in [1.82, 2.24) is 0 Å². The van der Waals surface area contributed by atoms with Gasteiger partial charge in [0.25, 0.3) is 0 Å². The molecule has 1 aromatic carbocycles. The van der Waals surface area contributed by atoms with Gasteiger partial charge in [-0.05, 0) is 28.7 Å². The number of hydrogen-bond acceptors (Lipinski definition) is 5. The Morgan fingerprint density at radius 2 is 2.12 bits per heavy atom. The largest absolute Gasteiger partial charge is 0.503 e. The van der Waals surface area contributed by atoms with Crippen molar-refractivity contribution in [3.63, 3.8) is 0 Å². The molecule has 0 aliphatic heterocycles. The van der Waals surface area contributed by atoms with Gasteiger partial charge in [-0.1, -0.05) is 0 Å². The molecule has 0 fully saturated rings. The summed E-state index contributed by atoms with van der Waals surface area (Å²) in [7, 11) is 1.31. The molecule has 1 aromatic rings. The van der Waals surface area contributed by atoms with E-state index in [1.807, 2.05) is 22.6 Å². The van der Waals surface area contributed by atoms with E-state index in [4.69, 9.17) is 9.47 Å². The fraction of sp³-hybridized carbons (Fsp3) is 0.200. The highest BCUT2D eigenvalue weighted by atomic mass is 127. The van der Waals surface area contributed by atoms with Crippen molar-refractivity contribution >= 4 is 34.8 Å². The first-order valence-corrected chi connectivity index (χ1v) is 5.32. The first kappa shape index (κ1) is 12.8. The number of halogens is 1. The molecule has 0 aromatic heterocycles. The predicted octanol–water partition coefficient (Wildman–Crippen LogP) is 1.74. The minimum atomic E-state index is -0.595. The van der Waals surface area contributed by atoms with Gasteiger partial charge in [-0.15, -0.1) is 0 Å². The quantitative estimate of drug-likeness (QED) is 0.394. The fourth-order valence-electron chi connectivity index (χ4n) is 1.14. The number of carbonyl (C=O) groups is 2. The zero-order valence-electron chi connectivity index (χ0n) is 8.61. The maximum atomic E-state index is 10.9. The molecular weight excluding hydrogens is 327 g/mol. The van der Waals surface area contributed by atoms with E-state index in [-0.39, 0.29) is 22.8 Å². The van der Waals surface area contributed by atoms with E-state index >= 15 is 0 Å². The Morgan fingerprint density at radius 1 is 1.50 bits per heavy atom. The lowest BCUT2D eigenvalue weighted by molar-refractivity contribution is -0.132. The number of aromatic hydroxyl groups is 1. The van der Waals surface area contributed by atoms with Gasteiger partial charge in [0, 0.05) is 6.92 Å². The molecule has 0 aliphatic carbocycles. The van der Waals surface area contributed by atoms with Gasteiger partial charge in [0.05, 0.1) is 16.2 Å². The van der Waals surface area contributed by atoms with E-state index < -0.39 is 5.97 Å². The fourth-order valence-corrected chi connectivity index (χ4v) is 1.72. The molecule has 86 valence electrons. The molecule has 0 saturated heterocycles. The zero-order chi connectivity index (χ0) is 12.3. The van der Waals surface area contributed by atoms with Crippen LogP contribution in [0, 0.1) is 3.57 Å². The van der Waals surface area contributed by atoms with Crippen LogP contribution in [0.15, 0.2) is 6.07 Å². The summed E-state index contributed by atoms with van der Waals surface area (Å²) in [5.41, 5.74) is 0.147. The average Bonchev–Trinajstić information content (AvgIpc) is 2.23. The molecule has 5 nitrogen and oxygen atoms in total. The summed E-state index contributed by atoms with van der Waals surface area (Å²) in [4.78, 5) is 21.7. The predicted molar refractivity (Wildman–Crippen MR) is 64.1 cm³/mol. The molecule has 16 heavy (non-hydrogen) atoms. The minimum absolute atomic E-state index is 0.0239. The molecule has 0 spiro atoms. The number of hydrogen-bond donors (Lipinski definition) is 1. The lowest BCUT2D eigenvalue weighted by atomic mass is 10.2. The second kappa shape index (κ2) is 5.15. The Balaban J connectivity index is 3.46. The number of esters is 1. The van der Waals surface area contributed by atoms with Crippen molar-refractivity contribution in [2.45, 2.75) is 6.92 Å². The molecule has 0 heterocycles. The van der Waals surface area contributed by atoms with Crippen LogP contribution in [0.25, 0.3) is 0 Å². The highest BCUT2D eigenvalue weighted by Crippen LogP contribution is 2.42. The number of methoxy groups -OCH3 is 1. The molecule has 0 radical (unpaired) electrons. The lowest BCUT2D eigenvalue weighted by Crippen LogP contribution is -2.06. The van der Waals surface area contributed by atoms with Gasteiger partial charge >= 0.3 is 5.97 Å². The Hall–Kier alpha value is -1.31. The summed E-state index contributed by atoms with van der Waals surface area (Å²) in [5.74, 6) is -0.848. The standard InChI is InChI=1S/C10H9IO5/c1-5(13)16-9-6(4-12)3-7(11)8(14)10(9)15-2/h3-4,14H,1-2H3. The van der Waals surface area contributed by atoms with Crippen LogP contribution in [0.5, 0.6) is 17.2 Å². The van der Waals surface area contributed by atoms with Crippen molar-refractivity contribution in [2.75, 3.05) is 7.11 Å². The van der Waals surface area contributed by atoms with Gasteiger partial charge in [-0.2, -0.15) is 0 Å². The number of phenolic OH excluding ortho intramolecular Hbond substituents is 1. The molecule has 0 aliphatic rings. The maximum Gasteiger partial charge on any atom is 0.308 e. The average molecular weight is 336 g/mol. The zero-order valence-corrected chi connectivity index (χ0v) is 10.8. The van der Waals surface area contributed by atoms with Crippen LogP contribution in [-0.4, -0.2) is 24.5 Å². The molecule has 0 amide bonds. The van der Waals surface area contributed by atoms with Crippen LogP contribution in [0.1, 0.15) is 17.3 Å². The Bertz CT molecular complexity index is 441. The van der Waals surface area contributed by atoms with E-state index in [9.17, 15) is 14.7 Å². The van der Waals surface area contributed by atoms with Crippen LogP contribution in [0.2, 0.25) is 0 Å². The molecule has 1 N–H and O–H groups in total. The van der Waals surface area contributed by atoms with Crippen molar-refractivity contribution in [1.29, 1.82) is 0 Å². The van der Waals surface area contributed by atoms with Gasteiger partial charge < -0.3 is 14.6 Å². The van der Waals surface area contributed by atoms with Crippen molar-refractivity contribution in [3.8, 4) is 17.2 Å². The van der Waals surface area contributed by atoms with Gasteiger partial charge in [0.2, 0.25) is 5.75 Å². The van der Waals surface area contributed by atoms with Crippen LogP contribution in [0.4, 0.5) is 0 Å². The summed E-state index contributed by atoms with van der Waals surface area (Å²) >= 11 is 1.84. The highest BCUT2D eigenvalue weighted by molar-refractivity contribution is 14.1. The number of benzene rings is 1. The lowest BCUT2D eigenvalue weighted by Gasteiger charge is -2.12. The Labute approximate surface area is 105 Å². The second-order valence-corrected chi connectivity index (χ2v) is 4.03. The van der Waals surface area contributed by atoms with Crippen LogP contribution in [0.3, 0.4) is 0 Å². The van der Waals surface area contributed by atoms with Crippen molar-refractivity contribution in [2.24, 2.45) is 0 Å².